The number of anilines is 1. The van der Waals surface area contributed by atoms with Crippen molar-refractivity contribution >= 4 is 22.5 Å². The van der Waals surface area contributed by atoms with E-state index in [4.69, 9.17) is 9.47 Å². The van der Waals surface area contributed by atoms with Crippen molar-refractivity contribution < 1.29 is 27.4 Å². The molecule has 1 aromatic heterocycles. The van der Waals surface area contributed by atoms with Gasteiger partial charge >= 0.3 is 6.18 Å². The number of alkyl halides is 3. The van der Waals surface area contributed by atoms with Crippen LogP contribution < -0.4 is 9.64 Å². The number of hydrogen-bond donors (Lipinski definition) is 0. The zero-order valence-electron chi connectivity index (χ0n) is 15.2. The molecule has 0 radical (unpaired) electrons. The fourth-order valence-corrected chi connectivity index (χ4v) is 3.18. The summed E-state index contributed by atoms with van der Waals surface area (Å²) < 4.78 is 49.7. The van der Waals surface area contributed by atoms with Gasteiger partial charge in [-0.1, -0.05) is 18.2 Å². The molecule has 8 heteroatoms. The molecule has 29 heavy (non-hydrogen) atoms. The van der Waals surface area contributed by atoms with Crippen LogP contribution in [0.25, 0.3) is 10.9 Å². The van der Waals surface area contributed by atoms with Gasteiger partial charge in [-0.15, -0.1) is 0 Å². The quantitative estimate of drug-likeness (QED) is 0.660. The molecule has 1 fully saturated rings. The van der Waals surface area contributed by atoms with Crippen molar-refractivity contribution in [2.24, 2.45) is 0 Å². The molecule has 4 rings (SSSR count). The monoisotopic (exact) mass is 402 g/mol. The second-order valence-corrected chi connectivity index (χ2v) is 6.62. The van der Waals surface area contributed by atoms with E-state index in [0.717, 1.165) is 23.0 Å². The van der Waals surface area contributed by atoms with Gasteiger partial charge < -0.3 is 14.4 Å². The summed E-state index contributed by atoms with van der Waals surface area (Å²) in [5.41, 5.74) is 0.356. The van der Waals surface area contributed by atoms with Gasteiger partial charge in [0.25, 0.3) is 5.91 Å². The molecule has 2 heterocycles. The van der Waals surface area contributed by atoms with E-state index in [1.807, 2.05) is 24.3 Å². The number of benzene rings is 2. The Bertz CT molecular complexity index is 1020. The van der Waals surface area contributed by atoms with Crippen LogP contribution in [-0.4, -0.2) is 36.8 Å². The van der Waals surface area contributed by atoms with Gasteiger partial charge in [0, 0.05) is 17.3 Å². The van der Waals surface area contributed by atoms with Gasteiger partial charge in [-0.25, -0.2) is 0 Å². The number of amides is 1. The van der Waals surface area contributed by atoms with Crippen LogP contribution >= 0.6 is 0 Å². The van der Waals surface area contributed by atoms with Gasteiger partial charge in [0.15, 0.2) is 0 Å². The Balaban J connectivity index is 1.45. The molecule has 1 aliphatic rings. The van der Waals surface area contributed by atoms with Gasteiger partial charge in [0.1, 0.15) is 30.6 Å². The summed E-state index contributed by atoms with van der Waals surface area (Å²) in [6.45, 7) is 0.200. The number of hydrogen-bond acceptors (Lipinski definition) is 4. The number of ether oxygens (including phenoxy) is 2. The summed E-state index contributed by atoms with van der Waals surface area (Å²) in [6, 6.07) is 13.9. The first-order valence-electron chi connectivity index (χ1n) is 8.97. The maximum absolute atomic E-state index is 12.8. The second kappa shape index (κ2) is 7.71. The molecule has 2 aromatic carbocycles. The third kappa shape index (κ3) is 4.17. The van der Waals surface area contributed by atoms with Gasteiger partial charge in [-0.3, -0.25) is 9.78 Å². The van der Waals surface area contributed by atoms with Gasteiger partial charge in [-0.05, 0) is 36.4 Å². The molecule has 0 aliphatic carbocycles. The number of para-hydroxylation sites is 1. The van der Waals surface area contributed by atoms with Crippen molar-refractivity contribution in [1.82, 2.24) is 4.98 Å². The Morgan fingerprint density at radius 1 is 1.10 bits per heavy atom. The number of aromatic nitrogens is 1. The normalized spacial score (nSPS) is 17.6. The molecule has 1 aliphatic heterocycles. The Labute approximate surface area is 164 Å². The highest BCUT2D eigenvalue weighted by atomic mass is 19.4. The summed E-state index contributed by atoms with van der Waals surface area (Å²) in [6.07, 6.45) is -3.16. The Morgan fingerprint density at radius 3 is 2.62 bits per heavy atom. The molecular weight excluding hydrogens is 385 g/mol. The molecule has 5 nitrogen and oxygen atoms in total. The van der Waals surface area contributed by atoms with Crippen molar-refractivity contribution in [2.75, 3.05) is 24.7 Å². The zero-order valence-corrected chi connectivity index (χ0v) is 15.2. The molecule has 3 aromatic rings. The van der Waals surface area contributed by atoms with Crippen LogP contribution in [0.2, 0.25) is 0 Å². The fraction of sp³-hybridized carbons (Fsp3) is 0.238. The summed E-state index contributed by atoms with van der Waals surface area (Å²) in [5, 5.41) is 0.941. The van der Waals surface area contributed by atoms with Gasteiger partial charge in [0.2, 0.25) is 0 Å². The molecule has 0 N–H and O–H groups in total. The topological polar surface area (TPSA) is 51.7 Å². The number of carbonyl (C=O) groups is 1. The largest absolute Gasteiger partial charge is 0.489 e. The van der Waals surface area contributed by atoms with E-state index in [-0.39, 0.29) is 25.7 Å². The minimum absolute atomic E-state index is 0.164. The minimum atomic E-state index is -4.42. The van der Waals surface area contributed by atoms with E-state index in [0.29, 0.717) is 11.4 Å². The van der Waals surface area contributed by atoms with Crippen LogP contribution in [0.5, 0.6) is 5.75 Å². The predicted molar refractivity (Wildman–Crippen MR) is 101 cm³/mol. The van der Waals surface area contributed by atoms with Crippen molar-refractivity contribution in [3.05, 3.63) is 66.4 Å². The molecule has 150 valence electrons. The van der Waals surface area contributed by atoms with Gasteiger partial charge in [0.05, 0.1) is 12.1 Å². The van der Waals surface area contributed by atoms with Crippen molar-refractivity contribution in [3.8, 4) is 5.75 Å². The third-order valence-corrected chi connectivity index (χ3v) is 4.66. The second-order valence-electron chi connectivity index (χ2n) is 6.62. The molecule has 1 atom stereocenters. The van der Waals surface area contributed by atoms with Crippen LogP contribution in [0.1, 0.15) is 5.56 Å². The first kappa shape index (κ1) is 19.2. The number of nitrogens with zero attached hydrogens (tertiary/aromatic N) is 2. The predicted octanol–water partition coefficient (Wildman–Crippen LogP) is 4.06. The number of rotatable bonds is 4. The molecule has 0 saturated carbocycles. The van der Waals surface area contributed by atoms with Gasteiger partial charge in [-0.2, -0.15) is 13.2 Å². The summed E-state index contributed by atoms with van der Waals surface area (Å²) >= 11 is 0. The first-order valence-corrected chi connectivity index (χ1v) is 8.97. The van der Waals surface area contributed by atoms with E-state index < -0.39 is 17.8 Å². The molecule has 1 amide bonds. The lowest BCUT2D eigenvalue weighted by Crippen LogP contribution is -2.48. The molecular formula is C21H17F3N2O3. The average Bonchev–Trinajstić information content (AvgIpc) is 2.72. The summed E-state index contributed by atoms with van der Waals surface area (Å²) in [7, 11) is 0. The Kier molecular flexibility index (Phi) is 5.10. The number of halogens is 3. The molecule has 0 spiro atoms. The maximum atomic E-state index is 12.8. The third-order valence-electron chi connectivity index (χ3n) is 4.66. The lowest BCUT2D eigenvalue weighted by molar-refractivity contribution is -0.137. The number of pyridine rings is 1. The van der Waals surface area contributed by atoms with E-state index in [1.165, 1.54) is 17.0 Å². The SMILES string of the molecule is O=C1CO[C@H](COc2cccc3cccnc23)CN1c1ccc(C(F)(F)F)cc1. The lowest BCUT2D eigenvalue weighted by Gasteiger charge is -2.32. The molecule has 1 saturated heterocycles. The van der Waals surface area contributed by atoms with E-state index in [9.17, 15) is 18.0 Å². The van der Waals surface area contributed by atoms with Crippen molar-refractivity contribution in [1.29, 1.82) is 0 Å². The molecule has 0 unspecified atom stereocenters. The molecule has 0 bridgehead atoms. The minimum Gasteiger partial charge on any atom is -0.489 e. The lowest BCUT2D eigenvalue weighted by atomic mass is 10.1. The smallest absolute Gasteiger partial charge is 0.416 e. The first-order chi connectivity index (χ1) is 13.9. The van der Waals surface area contributed by atoms with Crippen LogP contribution in [0.3, 0.4) is 0 Å². The number of morpholine rings is 1. The number of carbonyl (C=O) groups excluding carboxylic acids is 1. The summed E-state index contributed by atoms with van der Waals surface area (Å²) in [5.74, 6) is 0.289. The average molecular weight is 402 g/mol. The maximum Gasteiger partial charge on any atom is 0.416 e. The highest BCUT2D eigenvalue weighted by Crippen LogP contribution is 2.31. The van der Waals surface area contributed by atoms with E-state index in [2.05, 4.69) is 4.98 Å². The Hall–Kier alpha value is -3.13. The number of fused-ring (bicyclic) bond motifs is 1. The highest BCUT2D eigenvalue weighted by molar-refractivity contribution is 5.95. The zero-order chi connectivity index (χ0) is 20.4. The highest BCUT2D eigenvalue weighted by Gasteiger charge is 2.32. The standard InChI is InChI=1S/C21H17F3N2O3/c22-21(23,24)15-6-8-16(9-7-15)26-11-17(28-13-19(26)27)12-29-18-5-1-3-14-4-2-10-25-20(14)18/h1-10,17H,11-13H2/t17-/m0/s1. The Morgan fingerprint density at radius 2 is 1.86 bits per heavy atom. The van der Waals surface area contributed by atoms with Crippen LogP contribution in [-0.2, 0) is 15.7 Å². The van der Waals surface area contributed by atoms with E-state index >= 15 is 0 Å². The van der Waals surface area contributed by atoms with Crippen molar-refractivity contribution in [2.45, 2.75) is 12.3 Å². The fourth-order valence-electron chi connectivity index (χ4n) is 3.18. The van der Waals surface area contributed by atoms with Crippen LogP contribution in [0.15, 0.2) is 60.8 Å². The van der Waals surface area contributed by atoms with E-state index in [1.54, 1.807) is 12.3 Å². The van der Waals surface area contributed by atoms with Crippen molar-refractivity contribution in [3.63, 3.8) is 0 Å². The van der Waals surface area contributed by atoms with Crippen LogP contribution in [0, 0.1) is 0 Å². The van der Waals surface area contributed by atoms with Crippen LogP contribution in [0.4, 0.5) is 18.9 Å². The summed E-state index contributed by atoms with van der Waals surface area (Å²) in [4.78, 5) is 17.9.